The minimum atomic E-state index is -0.554. The van der Waals surface area contributed by atoms with E-state index in [9.17, 15) is 9.59 Å². The molecule has 0 atom stereocenters. The summed E-state index contributed by atoms with van der Waals surface area (Å²) < 4.78 is 7.41. The van der Waals surface area contributed by atoms with E-state index in [2.05, 4.69) is 11.0 Å². The molecule has 4 aromatic rings. The molecule has 0 spiro atoms. The van der Waals surface area contributed by atoms with Crippen molar-refractivity contribution in [2.45, 2.75) is 25.8 Å². The van der Waals surface area contributed by atoms with Crippen molar-refractivity contribution in [1.29, 1.82) is 5.26 Å². The number of benzene rings is 2. The number of nitriles is 1. The van der Waals surface area contributed by atoms with Gasteiger partial charge in [-0.2, -0.15) is 5.26 Å². The summed E-state index contributed by atoms with van der Waals surface area (Å²) in [5, 5.41) is 10.6. The summed E-state index contributed by atoms with van der Waals surface area (Å²) in [4.78, 5) is 33.0. The fourth-order valence-corrected chi connectivity index (χ4v) is 4.54. The monoisotopic (exact) mass is 452 g/mol. The topological polar surface area (TPSA) is 88.2 Å². The molecule has 0 aliphatic carbocycles. The van der Waals surface area contributed by atoms with E-state index >= 15 is 0 Å². The number of anilines is 1. The summed E-state index contributed by atoms with van der Waals surface area (Å²) in [6.07, 6.45) is 4.19. The van der Waals surface area contributed by atoms with E-state index in [1.165, 1.54) is 0 Å². The number of pyridine rings is 1. The maximum absolute atomic E-state index is 13.1. The number of rotatable bonds is 7. The number of ether oxygens (including phenoxy) is 1. The smallest absolute Gasteiger partial charge is 0.342 e. The minimum absolute atomic E-state index is 0.281. The molecule has 1 aliphatic heterocycles. The van der Waals surface area contributed by atoms with Gasteiger partial charge in [0.1, 0.15) is 11.4 Å². The van der Waals surface area contributed by atoms with Gasteiger partial charge in [0.05, 0.1) is 18.0 Å². The molecule has 1 aliphatic rings. The average molecular weight is 453 g/mol. The van der Waals surface area contributed by atoms with Gasteiger partial charge in [-0.25, -0.2) is 9.78 Å². The van der Waals surface area contributed by atoms with Crippen LogP contribution in [0.15, 0.2) is 60.8 Å². The lowest BCUT2D eigenvalue weighted by Gasteiger charge is -2.20. The highest BCUT2D eigenvalue weighted by Crippen LogP contribution is 2.28. The van der Waals surface area contributed by atoms with E-state index in [0.29, 0.717) is 29.9 Å². The minimum Gasteiger partial charge on any atom is -0.454 e. The van der Waals surface area contributed by atoms with Gasteiger partial charge in [-0.05, 0) is 31.0 Å². The predicted molar refractivity (Wildman–Crippen MR) is 130 cm³/mol. The SMILES string of the molecule is N#CCCn1cc(C(=O)COC(=O)c2cc3ccccc3nc2N2CCCC2)c2ccccc21. The fraction of sp³-hybridized carbons (Fsp3) is 0.259. The Labute approximate surface area is 197 Å². The molecule has 1 saturated heterocycles. The lowest BCUT2D eigenvalue weighted by Crippen LogP contribution is -2.23. The van der Waals surface area contributed by atoms with Crippen LogP contribution in [0.4, 0.5) is 5.82 Å². The van der Waals surface area contributed by atoms with Crippen LogP contribution in [-0.4, -0.2) is 41.0 Å². The van der Waals surface area contributed by atoms with E-state index in [-0.39, 0.29) is 12.4 Å². The van der Waals surface area contributed by atoms with Crippen molar-refractivity contribution in [3.63, 3.8) is 0 Å². The Hall–Kier alpha value is -4.18. The Morgan fingerprint density at radius 3 is 2.62 bits per heavy atom. The first-order valence-corrected chi connectivity index (χ1v) is 11.5. The van der Waals surface area contributed by atoms with E-state index in [0.717, 1.165) is 47.7 Å². The summed E-state index contributed by atoms with van der Waals surface area (Å²) in [5.41, 5.74) is 2.56. The van der Waals surface area contributed by atoms with Gasteiger partial charge >= 0.3 is 5.97 Å². The van der Waals surface area contributed by atoms with Gasteiger partial charge < -0.3 is 14.2 Å². The molecule has 3 heterocycles. The molecular formula is C27H24N4O3. The normalized spacial score (nSPS) is 13.3. The summed E-state index contributed by atoms with van der Waals surface area (Å²) >= 11 is 0. The maximum Gasteiger partial charge on any atom is 0.342 e. The van der Waals surface area contributed by atoms with Crippen molar-refractivity contribution in [1.82, 2.24) is 9.55 Å². The summed E-state index contributed by atoms with van der Waals surface area (Å²) in [6, 6.07) is 19.1. The van der Waals surface area contributed by atoms with Crippen LogP contribution in [0.25, 0.3) is 21.8 Å². The van der Waals surface area contributed by atoms with Crippen molar-refractivity contribution in [2.75, 3.05) is 24.6 Å². The second-order valence-corrected chi connectivity index (χ2v) is 8.41. The van der Waals surface area contributed by atoms with Crippen LogP contribution in [0.1, 0.15) is 40.0 Å². The Bertz CT molecular complexity index is 1430. The molecule has 7 nitrogen and oxygen atoms in total. The molecule has 0 N–H and O–H groups in total. The van der Waals surface area contributed by atoms with Crippen molar-refractivity contribution >= 4 is 39.4 Å². The molecule has 34 heavy (non-hydrogen) atoms. The Kier molecular flexibility index (Phi) is 5.96. The molecule has 0 unspecified atom stereocenters. The summed E-state index contributed by atoms with van der Waals surface area (Å²) in [7, 11) is 0. The van der Waals surface area contributed by atoms with Gasteiger partial charge in [-0.3, -0.25) is 4.79 Å². The first-order chi connectivity index (χ1) is 16.7. The second kappa shape index (κ2) is 9.36. The zero-order valence-electron chi connectivity index (χ0n) is 18.7. The van der Waals surface area contributed by atoms with Gasteiger partial charge in [-0.1, -0.05) is 36.4 Å². The highest BCUT2D eigenvalue weighted by molar-refractivity contribution is 6.09. The van der Waals surface area contributed by atoms with Crippen molar-refractivity contribution in [2.24, 2.45) is 0 Å². The number of para-hydroxylation sites is 2. The number of esters is 1. The Morgan fingerprint density at radius 1 is 1.03 bits per heavy atom. The maximum atomic E-state index is 13.1. The number of aryl methyl sites for hydroxylation is 1. The van der Waals surface area contributed by atoms with Crippen LogP contribution in [0.2, 0.25) is 0 Å². The molecule has 0 radical (unpaired) electrons. The molecule has 0 bridgehead atoms. The van der Waals surface area contributed by atoms with E-state index in [4.69, 9.17) is 15.0 Å². The Morgan fingerprint density at radius 2 is 1.79 bits per heavy atom. The first-order valence-electron chi connectivity index (χ1n) is 11.5. The zero-order valence-corrected chi connectivity index (χ0v) is 18.7. The molecule has 170 valence electrons. The van der Waals surface area contributed by atoms with Crippen molar-refractivity contribution < 1.29 is 14.3 Å². The number of nitrogens with zero attached hydrogens (tertiary/aromatic N) is 4. The van der Waals surface area contributed by atoms with Crippen LogP contribution < -0.4 is 4.90 Å². The third-order valence-electron chi connectivity index (χ3n) is 6.22. The van der Waals surface area contributed by atoms with Gasteiger partial charge in [-0.15, -0.1) is 0 Å². The molecular weight excluding hydrogens is 428 g/mol. The van der Waals surface area contributed by atoms with Gasteiger partial charge in [0.2, 0.25) is 5.78 Å². The van der Waals surface area contributed by atoms with Gasteiger partial charge in [0, 0.05) is 47.7 Å². The third-order valence-corrected chi connectivity index (χ3v) is 6.22. The molecule has 0 amide bonds. The van der Waals surface area contributed by atoms with E-state index < -0.39 is 5.97 Å². The number of fused-ring (bicyclic) bond motifs is 2. The van der Waals surface area contributed by atoms with E-state index in [1.807, 2.05) is 53.1 Å². The number of carbonyl (C=O) groups is 2. The Balaban J connectivity index is 1.40. The predicted octanol–water partition coefficient (Wildman–Crippen LogP) is 4.74. The quantitative estimate of drug-likeness (QED) is 0.297. The number of aromatic nitrogens is 2. The first kappa shape index (κ1) is 21.7. The lowest BCUT2D eigenvalue weighted by molar-refractivity contribution is 0.0475. The highest BCUT2D eigenvalue weighted by atomic mass is 16.5. The molecule has 2 aromatic carbocycles. The molecule has 0 saturated carbocycles. The largest absolute Gasteiger partial charge is 0.454 e. The van der Waals surface area contributed by atoms with Crippen LogP contribution in [-0.2, 0) is 11.3 Å². The van der Waals surface area contributed by atoms with Crippen LogP contribution in [0, 0.1) is 11.3 Å². The molecule has 5 rings (SSSR count). The number of carbonyl (C=O) groups excluding carboxylic acids is 2. The lowest BCUT2D eigenvalue weighted by atomic mass is 10.1. The molecule has 7 heteroatoms. The number of Topliss-reactive ketones (excluding diaryl/α,β-unsaturated/α-hetero) is 1. The van der Waals surface area contributed by atoms with Crippen LogP contribution >= 0.6 is 0 Å². The standard InChI is InChI=1S/C27H24N4O3/c28-12-7-15-31-17-22(20-9-2-4-11-24(20)31)25(32)18-34-27(33)21-16-19-8-1-3-10-23(19)29-26(21)30-13-5-6-14-30/h1-4,8-11,16-17H,5-7,13-15,18H2. The number of ketones is 1. The molecule has 2 aromatic heterocycles. The average Bonchev–Trinajstić information content (AvgIpc) is 3.54. The number of hydrogen-bond acceptors (Lipinski definition) is 6. The van der Waals surface area contributed by atoms with Gasteiger partial charge in [0.25, 0.3) is 0 Å². The van der Waals surface area contributed by atoms with E-state index in [1.54, 1.807) is 12.3 Å². The molecule has 1 fully saturated rings. The van der Waals surface area contributed by atoms with Gasteiger partial charge in [0.15, 0.2) is 6.61 Å². The summed E-state index contributed by atoms with van der Waals surface area (Å²) in [5.74, 6) is -0.222. The zero-order chi connectivity index (χ0) is 23.5. The summed E-state index contributed by atoms with van der Waals surface area (Å²) in [6.45, 7) is 1.81. The van der Waals surface area contributed by atoms with Crippen LogP contribution in [0.5, 0.6) is 0 Å². The van der Waals surface area contributed by atoms with Crippen LogP contribution in [0.3, 0.4) is 0 Å². The van der Waals surface area contributed by atoms with Crippen molar-refractivity contribution in [3.05, 3.63) is 71.9 Å². The number of hydrogen-bond donors (Lipinski definition) is 0. The fourth-order valence-electron chi connectivity index (χ4n) is 4.54. The third kappa shape index (κ3) is 4.11. The second-order valence-electron chi connectivity index (χ2n) is 8.41. The highest BCUT2D eigenvalue weighted by Gasteiger charge is 2.24. The van der Waals surface area contributed by atoms with Crippen molar-refractivity contribution in [3.8, 4) is 6.07 Å².